The predicted octanol–water partition coefficient (Wildman–Crippen LogP) is 9.17. The van der Waals surface area contributed by atoms with E-state index in [0.29, 0.717) is 108 Å². The molecule has 3 aliphatic rings. The summed E-state index contributed by atoms with van der Waals surface area (Å²) in [5.74, 6) is 0.822. The van der Waals surface area contributed by atoms with Crippen molar-refractivity contribution in [3.63, 3.8) is 0 Å². The third kappa shape index (κ3) is 14.9. The van der Waals surface area contributed by atoms with Crippen LogP contribution in [0.2, 0.25) is 5.02 Å². The Kier molecular flexibility index (Phi) is 20.6. The molecule has 3 saturated heterocycles. The van der Waals surface area contributed by atoms with Gasteiger partial charge in [-0.3, -0.25) is 28.6 Å². The molecular weight excluding hydrogens is 1300 g/mol. The number of morpholine rings is 2. The normalized spacial score (nSPS) is 15.3. The second-order valence-electron chi connectivity index (χ2n) is 24.1. The maximum Gasteiger partial charge on any atom is 0.264 e. The van der Waals surface area contributed by atoms with Gasteiger partial charge in [0.05, 0.1) is 76.4 Å². The van der Waals surface area contributed by atoms with E-state index in [0.717, 1.165) is 82.7 Å². The summed E-state index contributed by atoms with van der Waals surface area (Å²) in [6, 6.07) is 23.9. The van der Waals surface area contributed by atoms with Gasteiger partial charge < -0.3 is 59.9 Å². The molecule has 7 aromatic heterocycles. The molecule has 0 saturated carbocycles. The molecule has 3 aliphatic heterocycles. The lowest BCUT2D eigenvalue weighted by Crippen LogP contribution is -2.50. The molecule has 0 radical (unpaired) electrons. The molecule has 98 heavy (non-hydrogen) atoms. The molecule has 0 spiro atoms. The molecule has 4 aromatic carbocycles. The number of aliphatic hydroxyl groups is 1. The Balaban J connectivity index is 0.000000140. The fourth-order valence-electron chi connectivity index (χ4n) is 12.0. The molecule has 0 aliphatic carbocycles. The van der Waals surface area contributed by atoms with Crippen LogP contribution in [-0.2, 0) is 20.8 Å². The molecule has 2 amide bonds. The number of hydrogen-bond donors (Lipinski definition) is 5. The Bertz CT molecular complexity index is 4830. The first-order valence-electron chi connectivity index (χ1n) is 31.9. The van der Waals surface area contributed by atoms with Crippen molar-refractivity contribution in [3.8, 4) is 17.1 Å². The van der Waals surface area contributed by atoms with Crippen LogP contribution in [0.3, 0.4) is 0 Å². The second kappa shape index (κ2) is 29.7. The first kappa shape index (κ1) is 67.9. The summed E-state index contributed by atoms with van der Waals surface area (Å²) >= 11 is 8.11. The zero-order valence-corrected chi connectivity index (χ0v) is 56.2. The molecule has 508 valence electrons. The van der Waals surface area contributed by atoms with Gasteiger partial charge in [0.2, 0.25) is 5.95 Å². The minimum Gasteiger partial charge on any atom is -0.440 e. The number of imidazole rings is 1. The van der Waals surface area contributed by atoms with Crippen LogP contribution in [0, 0.1) is 18.6 Å². The summed E-state index contributed by atoms with van der Waals surface area (Å²) < 4.78 is 47.3. The lowest BCUT2D eigenvalue weighted by molar-refractivity contribution is -0.141. The quantitative estimate of drug-likeness (QED) is 0.0677. The molecule has 25 nitrogen and oxygen atoms in total. The maximum atomic E-state index is 13.7. The summed E-state index contributed by atoms with van der Waals surface area (Å²) in [4.78, 5) is 96.1. The summed E-state index contributed by atoms with van der Waals surface area (Å²) in [7, 11) is 3.24. The number of ether oxygens (including phenoxy) is 2. The number of aryl methyl sites for hydroxylation is 1. The van der Waals surface area contributed by atoms with Gasteiger partial charge in [0, 0.05) is 131 Å². The number of carbonyl (C=O) groups is 2. The fourth-order valence-corrected chi connectivity index (χ4v) is 13.5. The van der Waals surface area contributed by atoms with Gasteiger partial charge in [-0.05, 0) is 87.2 Å². The number of nitrogens with zero attached hydrogens (tertiary/aromatic N) is 13. The zero-order chi connectivity index (χ0) is 68.9. The van der Waals surface area contributed by atoms with E-state index in [1.807, 2.05) is 60.4 Å². The van der Waals surface area contributed by atoms with Gasteiger partial charge in [0.1, 0.15) is 35.2 Å². The number of aromatic nitrogens is 9. The number of fused-ring (bicyclic) bond motifs is 4. The van der Waals surface area contributed by atoms with Gasteiger partial charge >= 0.3 is 0 Å². The van der Waals surface area contributed by atoms with Gasteiger partial charge in [-0.1, -0.05) is 41.9 Å². The minimum atomic E-state index is -0.954. The molecule has 0 unspecified atom stereocenters. The van der Waals surface area contributed by atoms with Crippen LogP contribution in [0.25, 0.3) is 60.2 Å². The highest BCUT2D eigenvalue weighted by molar-refractivity contribution is 7.19. The number of benzene rings is 4. The van der Waals surface area contributed by atoms with Gasteiger partial charge in [-0.15, -0.1) is 11.3 Å². The SMILES string of the molecule is C[C@@H](Nc1cc(F)cc(F)c1)c1cc(C(=O)N(C)C)cc2c(=O)cc(N3CCOCC3)oc12.C[C@H](Nc1ncnc2nc[nH]c12)c1cc2cccc(Cl)c2c(=O)n1-c1ccccc1.Cc1c(CN2CCN(C(=O)[C@H](C)O)CC2)sc2c(N3CCOCC3)nc(-c3cnc(N)nc3)nc12. The van der Waals surface area contributed by atoms with Gasteiger partial charge in [-0.2, -0.15) is 0 Å². The number of thiophene rings is 1. The molecular formula is C69H72ClF2N17O8S. The number of amides is 2. The van der Waals surface area contributed by atoms with E-state index in [4.69, 9.17) is 41.2 Å². The summed E-state index contributed by atoms with van der Waals surface area (Å²) in [5, 5.41) is 18.0. The molecule has 3 fully saturated rings. The number of carbonyl (C=O) groups excluding carboxylic acids is 2. The van der Waals surface area contributed by atoms with Crippen LogP contribution in [0.4, 0.5) is 37.9 Å². The second-order valence-corrected chi connectivity index (χ2v) is 25.6. The highest BCUT2D eigenvalue weighted by Gasteiger charge is 2.29. The highest BCUT2D eigenvalue weighted by Crippen LogP contribution is 2.39. The van der Waals surface area contributed by atoms with Crippen molar-refractivity contribution in [1.82, 2.24) is 59.1 Å². The Morgan fingerprint density at radius 1 is 0.796 bits per heavy atom. The molecule has 10 heterocycles. The van der Waals surface area contributed by atoms with Crippen LogP contribution in [-0.4, -0.2) is 175 Å². The van der Waals surface area contributed by atoms with Crippen molar-refractivity contribution in [2.24, 2.45) is 0 Å². The average Bonchev–Trinajstić information content (AvgIpc) is 1.43. The van der Waals surface area contributed by atoms with Gasteiger partial charge in [0.15, 0.2) is 34.4 Å². The van der Waals surface area contributed by atoms with Crippen molar-refractivity contribution in [2.45, 2.75) is 52.4 Å². The number of piperazine rings is 1. The first-order chi connectivity index (χ1) is 47.3. The maximum absolute atomic E-state index is 13.7. The number of para-hydroxylation sites is 1. The van der Waals surface area contributed by atoms with Crippen LogP contribution < -0.4 is 37.2 Å². The molecule has 29 heteroatoms. The number of aromatic amines is 1. The summed E-state index contributed by atoms with van der Waals surface area (Å²) in [5.41, 5.74) is 12.2. The lowest BCUT2D eigenvalue weighted by Gasteiger charge is -2.35. The van der Waals surface area contributed by atoms with Crippen LogP contribution in [0.5, 0.6) is 0 Å². The number of nitrogens with two attached hydrogens (primary N) is 1. The van der Waals surface area contributed by atoms with Crippen molar-refractivity contribution >= 4 is 107 Å². The number of aliphatic hydroxyl groups excluding tert-OH is 1. The van der Waals surface area contributed by atoms with E-state index in [2.05, 4.69) is 57.3 Å². The van der Waals surface area contributed by atoms with Gasteiger partial charge in [-0.25, -0.2) is 43.7 Å². The first-order valence-corrected chi connectivity index (χ1v) is 33.0. The third-order valence-corrected chi connectivity index (χ3v) is 18.7. The van der Waals surface area contributed by atoms with E-state index in [1.54, 1.807) is 72.7 Å². The predicted molar refractivity (Wildman–Crippen MR) is 374 cm³/mol. The monoisotopic (exact) mass is 1370 g/mol. The lowest BCUT2D eigenvalue weighted by atomic mass is 10.00. The number of nitrogens with one attached hydrogen (secondary N) is 3. The van der Waals surface area contributed by atoms with Crippen molar-refractivity contribution in [3.05, 3.63) is 181 Å². The third-order valence-electron chi connectivity index (χ3n) is 17.1. The van der Waals surface area contributed by atoms with Crippen LogP contribution >= 0.6 is 22.9 Å². The van der Waals surface area contributed by atoms with Crippen LogP contribution in [0.1, 0.15) is 64.9 Å². The molecule has 11 aromatic rings. The van der Waals surface area contributed by atoms with E-state index in [9.17, 15) is 33.1 Å². The van der Waals surface area contributed by atoms with Crippen molar-refractivity contribution in [2.75, 3.05) is 119 Å². The summed E-state index contributed by atoms with van der Waals surface area (Å²) in [6.07, 6.45) is 5.40. The van der Waals surface area contributed by atoms with E-state index in [1.165, 1.54) is 47.3 Å². The average molecular weight is 1370 g/mol. The minimum absolute atomic E-state index is 0.165. The number of nitrogen functional groups attached to an aromatic ring is 1. The smallest absolute Gasteiger partial charge is 0.264 e. The van der Waals surface area contributed by atoms with E-state index in [-0.39, 0.29) is 45.9 Å². The molecule has 3 atom stereocenters. The number of anilines is 5. The zero-order valence-electron chi connectivity index (χ0n) is 54.6. The Labute approximate surface area is 569 Å². The Hall–Kier alpha value is -10.1. The van der Waals surface area contributed by atoms with Crippen LogP contribution in [0.15, 0.2) is 130 Å². The Morgan fingerprint density at radius 2 is 1.49 bits per heavy atom. The van der Waals surface area contributed by atoms with Crippen molar-refractivity contribution in [1.29, 1.82) is 0 Å². The highest BCUT2D eigenvalue weighted by atomic mass is 35.5. The number of rotatable bonds is 14. The number of hydrogen-bond acceptors (Lipinski definition) is 22. The molecule has 14 rings (SSSR count). The van der Waals surface area contributed by atoms with E-state index >= 15 is 0 Å². The largest absolute Gasteiger partial charge is 0.440 e. The van der Waals surface area contributed by atoms with Crippen molar-refractivity contribution < 1.29 is 37.4 Å². The van der Waals surface area contributed by atoms with E-state index < -0.39 is 23.8 Å². The summed E-state index contributed by atoms with van der Waals surface area (Å²) in [6.45, 7) is 16.0. The topological polar surface area (TPSA) is 297 Å². The number of pyridine rings is 1. The fraction of sp³-hybridized carbons (Fsp3) is 0.319. The standard InChI is InChI=1S/C24H25F2N3O4.C23H30N8O3S.C22H17ClN6O/c1-14(27-18-11-16(25)10-17(26)12-18)19-8-15(24(31)28(2)3)9-20-21(30)13-22(33-23(19)20)29-4-6-32-7-5-29;1-14-17(13-29-3-5-31(6-4-29)22(33)15(2)32)35-19-18(14)27-20(16-11-25-23(24)26-12-16)28-21(19)30-7-9-34-10-8-30;1-13(28-21-19-20(25-11-24-19)26-12-27-21)17-10-14-6-5-9-16(23)18(14)22(30)29(17)15-7-3-2-4-8-15/h8-14,27H,4-7H2,1-3H3;11-12,15,32H,3-10,13H2,1-2H3,(H2,24,25,26);2-13H,1H3,(H2,24,25,26,27,28)/t14-;15-;13-/m100/s1. The molecule has 6 N–H and O–H groups in total. The molecule has 0 bridgehead atoms. The Morgan fingerprint density at radius 3 is 2.17 bits per heavy atom. The number of H-pyrrole nitrogens is 1. The number of halogens is 3. The van der Waals surface area contributed by atoms with Gasteiger partial charge in [0.25, 0.3) is 17.4 Å².